The van der Waals surface area contributed by atoms with Gasteiger partial charge in [-0.15, -0.1) is 0 Å². The quantitative estimate of drug-likeness (QED) is 0.836. The third kappa shape index (κ3) is 3.82. The van der Waals surface area contributed by atoms with Gasteiger partial charge in [-0.05, 0) is 24.6 Å². The van der Waals surface area contributed by atoms with Gasteiger partial charge in [-0.25, -0.2) is 4.39 Å². The molecule has 0 aromatic heterocycles. The van der Waals surface area contributed by atoms with E-state index in [1.807, 2.05) is 13.8 Å². The zero-order valence-electron chi connectivity index (χ0n) is 10.5. The molecule has 0 bridgehead atoms. The number of rotatable bonds is 4. The molecule has 1 amide bonds. The van der Waals surface area contributed by atoms with Crippen LogP contribution in [0.25, 0.3) is 0 Å². The fraction of sp³-hybridized carbons (Fsp3) is 0.462. The van der Waals surface area contributed by atoms with E-state index in [2.05, 4.69) is 5.32 Å². The summed E-state index contributed by atoms with van der Waals surface area (Å²) in [7, 11) is 0. The summed E-state index contributed by atoms with van der Waals surface area (Å²) in [5.41, 5.74) is 6.19. The van der Waals surface area contributed by atoms with Gasteiger partial charge >= 0.3 is 0 Å². The van der Waals surface area contributed by atoms with Gasteiger partial charge in [0.15, 0.2) is 0 Å². The molecule has 3 nitrogen and oxygen atoms in total. The van der Waals surface area contributed by atoms with Crippen LogP contribution in [0.1, 0.15) is 26.3 Å². The molecule has 0 unspecified atom stereocenters. The maximum atomic E-state index is 12.8. The molecule has 0 spiro atoms. The summed E-state index contributed by atoms with van der Waals surface area (Å²) in [4.78, 5) is 11.4. The summed E-state index contributed by atoms with van der Waals surface area (Å²) in [6.07, 6.45) is 0. The predicted molar refractivity (Wildman–Crippen MR) is 66.1 cm³/mol. The van der Waals surface area contributed by atoms with Crippen molar-refractivity contribution in [1.82, 2.24) is 5.32 Å². The Morgan fingerprint density at radius 2 is 1.94 bits per heavy atom. The number of hydrogen-bond acceptors (Lipinski definition) is 2. The Labute approximate surface area is 101 Å². The first-order valence-electron chi connectivity index (χ1n) is 5.62. The van der Waals surface area contributed by atoms with Crippen LogP contribution in [0.15, 0.2) is 24.3 Å². The van der Waals surface area contributed by atoms with E-state index in [1.54, 1.807) is 19.1 Å². The van der Waals surface area contributed by atoms with Crippen molar-refractivity contribution >= 4 is 5.91 Å². The van der Waals surface area contributed by atoms with Crippen LogP contribution in [0.4, 0.5) is 4.39 Å². The predicted octanol–water partition coefficient (Wildman–Crippen LogP) is 1.57. The summed E-state index contributed by atoms with van der Waals surface area (Å²) >= 11 is 0. The third-order valence-corrected chi connectivity index (χ3v) is 2.74. The molecule has 17 heavy (non-hydrogen) atoms. The SMILES string of the molecule is C[C@H](N)C(=O)NCC(C)(C)c1ccc(F)cc1. The van der Waals surface area contributed by atoms with Gasteiger partial charge in [0.25, 0.3) is 0 Å². The minimum Gasteiger partial charge on any atom is -0.354 e. The van der Waals surface area contributed by atoms with Crippen LogP contribution in [0.3, 0.4) is 0 Å². The molecule has 0 radical (unpaired) electrons. The summed E-state index contributed by atoms with van der Waals surface area (Å²) in [5, 5.41) is 2.78. The number of halogens is 1. The first-order chi connectivity index (χ1) is 7.83. The van der Waals surface area contributed by atoms with Gasteiger partial charge in [0, 0.05) is 12.0 Å². The smallest absolute Gasteiger partial charge is 0.236 e. The average Bonchev–Trinajstić information content (AvgIpc) is 2.26. The van der Waals surface area contributed by atoms with Gasteiger partial charge < -0.3 is 11.1 Å². The van der Waals surface area contributed by atoms with E-state index in [1.165, 1.54) is 12.1 Å². The van der Waals surface area contributed by atoms with E-state index in [4.69, 9.17) is 5.73 Å². The van der Waals surface area contributed by atoms with Crippen LogP contribution in [0.2, 0.25) is 0 Å². The lowest BCUT2D eigenvalue weighted by molar-refractivity contribution is -0.122. The monoisotopic (exact) mass is 238 g/mol. The fourth-order valence-electron chi connectivity index (χ4n) is 1.47. The molecule has 4 heteroatoms. The molecule has 94 valence electrons. The number of carbonyl (C=O) groups is 1. The Morgan fingerprint density at radius 1 is 1.41 bits per heavy atom. The number of nitrogens with one attached hydrogen (secondary N) is 1. The van der Waals surface area contributed by atoms with Crippen molar-refractivity contribution in [2.75, 3.05) is 6.54 Å². The zero-order chi connectivity index (χ0) is 13.1. The standard InChI is InChI=1S/C13H19FN2O/c1-9(15)12(17)16-8-13(2,3)10-4-6-11(14)7-5-10/h4-7,9H,8,15H2,1-3H3,(H,16,17)/t9-/m0/s1. The number of amides is 1. The lowest BCUT2D eigenvalue weighted by Gasteiger charge is -2.26. The molecular weight excluding hydrogens is 219 g/mol. The van der Waals surface area contributed by atoms with Crippen molar-refractivity contribution in [2.24, 2.45) is 5.73 Å². The van der Waals surface area contributed by atoms with Crippen molar-refractivity contribution in [3.8, 4) is 0 Å². The molecule has 1 aromatic carbocycles. The number of nitrogens with two attached hydrogens (primary N) is 1. The van der Waals surface area contributed by atoms with Crippen LogP contribution in [-0.2, 0) is 10.2 Å². The van der Waals surface area contributed by atoms with Crippen LogP contribution >= 0.6 is 0 Å². The number of benzene rings is 1. The minimum atomic E-state index is -0.515. The maximum Gasteiger partial charge on any atom is 0.236 e. The lowest BCUT2D eigenvalue weighted by Crippen LogP contribution is -2.43. The van der Waals surface area contributed by atoms with Crippen molar-refractivity contribution in [1.29, 1.82) is 0 Å². The topological polar surface area (TPSA) is 55.1 Å². The van der Waals surface area contributed by atoms with Gasteiger partial charge in [0.2, 0.25) is 5.91 Å². The molecule has 1 atom stereocenters. The summed E-state index contributed by atoms with van der Waals surface area (Å²) in [6, 6.07) is 5.79. The highest BCUT2D eigenvalue weighted by Gasteiger charge is 2.22. The second-order valence-corrected chi connectivity index (χ2v) is 4.90. The second-order valence-electron chi connectivity index (χ2n) is 4.90. The van der Waals surface area contributed by atoms with Crippen LogP contribution in [-0.4, -0.2) is 18.5 Å². The Morgan fingerprint density at radius 3 is 2.41 bits per heavy atom. The van der Waals surface area contributed by atoms with Crippen molar-refractivity contribution < 1.29 is 9.18 Å². The summed E-state index contributed by atoms with van der Waals surface area (Å²) in [5.74, 6) is -0.440. The average molecular weight is 238 g/mol. The first kappa shape index (κ1) is 13.6. The Kier molecular flexibility index (Phi) is 4.23. The van der Waals surface area contributed by atoms with E-state index in [-0.39, 0.29) is 17.1 Å². The minimum absolute atomic E-state index is 0.180. The normalized spacial score (nSPS) is 13.2. The van der Waals surface area contributed by atoms with Gasteiger partial charge in [-0.3, -0.25) is 4.79 Å². The molecule has 0 heterocycles. The highest BCUT2D eigenvalue weighted by atomic mass is 19.1. The summed E-state index contributed by atoms with van der Waals surface area (Å²) in [6.45, 7) is 6.09. The fourth-order valence-corrected chi connectivity index (χ4v) is 1.47. The Bertz CT molecular complexity index is 385. The number of hydrogen-bond donors (Lipinski definition) is 2. The van der Waals surface area contributed by atoms with Crippen molar-refractivity contribution in [2.45, 2.75) is 32.2 Å². The second kappa shape index (κ2) is 5.27. The van der Waals surface area contributed by atoms with Gasteiger partial charge in [0.05, 0.1) is 6.04 Å². The van der Waals surface area contributed by atoms with E-state index >= 15 is 0 Å². The van der Waals surface area contributed by atoms with E-state index < -0.39 is 6.04 Å². The van der Waals surface area contributed by atoms with Gasteiger partial charge in [-0.1, -0.05) is 26.0 Å². The Hall–Kier alpha value is -1.42. The van der Waals surface area contributed by atoms with E-state index in [0.717, 1.165) is 5.56 Å². The molecule has 3 N–H and O–H groups in total. The molecule has 1 aromatic rings. The molecule has 0 aliphatic rings. The van der Waals surface area contributed by atoms with Crippen LogP contribution in [0, 0.1) is 5.82 Å². The number of carbonyl (C=O) groups excluding carboxylic acids is 1. The van der Waals surface area contributed by atoms with Crippen LogP contribution in [0.5, 0.6) is 0 Å². The molecular formula is C13H19FN2O. The maximum absolute atomic E-state index is 12.8. The zero-order valence-corrected chi connectivity index (χ0v) is 10.5. The lowest BCUT2D eigenvalue weighted by atomic mass is 9.84. The third-order valence-electron chi connectivity index (χ3n) is 2.74. The van der Waals surface area contributed by atoms with Gasteiger partial charge in [0.1, 0.15) is 5.82 Å². The molecule has 0 saturated carbocycles. The molecule has 0 aliphatic heterocycles. The first-order valence-corrected chi connectivity index (χ1v) is 5.62. The molecule has 0 saturated heterocycles. The van der Waals surface area contributed by atoms with Crippen LogP contribution < -0.4 is 11.1 Å². The van der Waals surface area contributed by atoms with Crippen molar-refractivity contribution in [3.05, 3.63) is 35.6 Å². The Balaban J connectivity index is 2.68. The summed E-state index contributed by atoms with van der Waals surface area (Å²) < 4.78 is 12.8. The van der Waals surface area contributed by atoms with Gasteiger partial charge in [-0.2, -0.15) is 0 Å². The van der Waals surface area contributed by atoms with Crippen molar-refractivity contribution in [3.63, 3.8) is 0 Å². The largest absolute Gasteiger partial charge is 0.354 e. The molecule has 0 aliphatic carbocycles. The highest BCUT2D eigenvalue weighted by Crippen LogP contribution is 2.22. The molecule has 0 fully saturated rings. The molecule has 1 rings (SSSR count). The van der Waals surface area contributed by atoms with E-state index in [9.17, 15) is 9.18 Å². The van der Waals surface area contributed by atoms with E-state index in [0.29, 0.717) is 6.54 Å². The highest BCUT2D eigenvalue weighted by molar-refractivity contribution is 5.81.